The lowest BCUT2D eigenvalue weighted by molar-refractivity contribution is 0.297. The highest BCUT2D eigenvalue weighted by Crippen LogP contribution is 2.19. The molecule has 1 aromatic carbocycles. The Morgan fingerprint density at radius 3 is 2.94 bits per heavy atom. The van der Waals surface area contributed by atoms with Crippen LogP contribution in [0.4, 0.5) is 5.69 Å². The van der Waals surface area contributed by atoms with E-state index in [1.807, 2.05) is 12.1 Å². The number of nitrogens with two attached hydrogens (primary N) is 1. The number of anilines is 1. The van der Waals surface area contributed by atoms with Gasteiger partial charge in [0.05, 0.1) is 23.5 Å². The van der Waals surface area contributed by atoms with E-state index in [0.29, 0.717) is 29.6 Å². The number of nitrogen functional groups attached to an aromatic ring is 1. The number of rotatable bonds is 4. The maximum absolute atomic E-state index is 11.4. The summed E-state index contributed by atoms with van der Waals surface area (Å²) in [7, 11) is 0. The second-order valence-corrected chi connectivity index (χ2v) is 4.07. The van der Waals surface area contributed by atoms with Gasteiger partial charge in [-0.1, -0.05) is 23.7 Å². The van der Waals surface area contributed by atoms with Crippen LogP contribution in [-0.2, 0) is 6.54 Å². The molecule has 0 aliphatic heterocycles. The number of hydrogen-bond acceptors (Lipinski definition) is 4. The van der Waals surface area contributed by atoms with Crippen LogP contribution in [0.2, 0.25) is 5.02 Å². The molecule has 1 heterocycles. The maximum Gasteiger partial charge on any atom is 0.347 e. The SMILES string of the molecule is Nc1ccccc1OCCn1cc(Cl)cnc1=O. The number of para-hydroxylation sites is 2. The summed E-state index contributed by atoms with van der Waals surface area (Å²) >= 11 is 5.75. The molecule has 0 bridgehead atoms. The standard InChI is InChI=1S/C12H12ClN3O2/c13-9-7-15-12(17)16(8-9)5-6-18-11-4-2-1-3-10(11)14/h1-4,7-8H,5-6,14H2. The third-order valence-electron chi connectivity index (χ3n) is 2.33. The molecule has 1 aromatic heterocycles. The summed E-state index contributed by atoms with van der Waals surface area (Å²) in [6, 6.07) is 7.18. The van der Waals surface area contributed by atoms with E-state index in [0.717, 1.165) is 0 Å². The summed E-state index contributed by atoms with van der Waals surface area (Å²) in [6.45, 7) is 0.677. The van der Waals surface area contributed by atoms with Crippen molar-refractivity contribution in [2.24, 2.45) is 0 Å². The van der Waals surface area contributed by atoms with Crippen LogP contribution < -0.4 is 16.2 Å². The number of benzene rings is 1. The molecule has 94 valence electrons. The molecule has 2 aromatic rings. The molecule has 18 heavy (non-hydrogen) atoms. The fraction of sp³-hybridized carbons (Fsp3) is 0.167. The third-order valence-corrected chi connectivity index (χ3v) is 2.53. The van der Waals surface area contributed by atoms with Gasteiger partial charge >= 0.3 is 5.69 Å². The molecule has 0 aliphatic carbocycles. The molecule has 0 unspecified atom stereocenters. The first-order valence-corrected chi connectivity index (χ1v) is 5.74. The minimum atomic E-state index is -0.357. The fourth-order valence-corrected chi connectivity index (χ4v) is 1.62. The number of hydrogen-bond donors (Lipinski definition) is 1. The van der Waals surface area contributed by atoms with Crippen molar-refractivity contribution in [3.05, 3.63) is 52.2 Å². The molecular weight excluding hydrogens is 254 g/mol. The molecule has 0 fully saturated rings. The minimum absolute atomic E-state index is 0.316. The van der Waals surface area contributed by atoms with Gasteiger partial charge in [0.25, 0.3) is 0 Å². The Morgan fingerprint density at radius 1 is 1.39 bits per heavy atom. The first-order valence-electron chi connectivity index (χ1n) is 5.36. The second-order valence-electron chi connectivity index (χ2n) is 3.63. The summed E-state index contributed by atoms with van der Waals surface area (Å²) in [5.74, 6) is 0.598. The fourth-order valence-electron chi connectivity index (χ4n) is 1.45. The normalized spacial score (nSPS) is 10.3. The lowest BCUT2D eigenvalue weighted by Gasteiger charge is -2.09. The predicted molar refractivity (Wildman–Crippen MR) is 69.9 cm³/mol. The van der Waals surface area contributed by atoms with Gasteiger partial charge in [-0.15, -0.1) is 0 Å². The molecule has 0 saturated carbocycles. The predicted octanol–water partition coefficient (Wildman–Crippen LogP) is 1.56. The third kappa shape index (κ3) is 3.01. The van der Waals surface area contributed by atoms with Crippen LogP contribution in [0.1, 0.15) is 0 Å². The van der Waals surface area contributed by atoms with Crippen molar-refractivity contribution in [1.82, 2.24) is 9.55 Å². The van der Waals surface area contributed by atoms with Crippen molar-refractivity contribution in [2.45, 2.75) is 6.54 Å². The van der Waals surface area contributed by atoms with Gasteiger partial charge < -0.3 is 10.5 Å². The molecule has 0 saturated heterocycles. The van der Waals surface area contributed by atoms with E-state index in [1.165, 1.54) is 17.0 Å². The van der Waals surface area contributed by atoms with Crippen molar-refractivity contribution >= 4 is 17.3 Å². The van der Waals surface area contributed by atoms with E-state index in [-0.39, 0.29) is 5.69 Å². The van der Waals surface area contributed by atoms with Crippen LogP contribution in [0.25, 0.3) is 0 Å². The van der Waals surface area contributed by atoms with Crippen molar-refractivity contribution in [1.29, 1.82) is 0 Å². The van der Waals surface area contributed by atoms with E-state index in [1.54, 1.807) is 12.1 Å². The molecule has 6 heteroatoms. The van der Waals surface area contributed by atoms with E-state index < -0.39 is 0 Å². The van der Waals surface area contributed by atoms with Gasteiger partial charge in [-0.05, 0) is 12.1 Å². The smallest absolute Gasteiger partial charge is 0.347 e. The molecule has 2 rings (SSSR count). The maximum atomic E-state index is 11.4. The number of aromatic nitrogens is 2. The molecule has 0 spiro atoms. The molecule has 0 atom stereocenters. The topological polar surface area (TPSA) is 70.1 Å². The van der Waals surface area contributed by atoms with E-state index in [9.17, 15) is 4.79 Å². The van der Waals surface area contributed by atoms with Crippen molar-refractivity contribution in [3.8, 4) is 5.75 Å². The second kappa shape index (κ2) is 5.55. The average molecular weight is 266 g/mol. The van der Waals surface area contributed by atoms with Crippen molar-refractivity contribution in [3.63, 3.8) is 0 Å². The van der Waals surface area contributed by atoms with Crippen LogP contribution in [0.5, 0.6) is 5.75 Å². The molecule has 5 nitrogen and oxygen atoms in total. The Kier molecular flexibility index (Phi) is 3.84. The highest BCUT2D eigenvalue weighted by Gasteiger charge is 2.01. The highest BCUT2D eigenvalue weighted by atomic mass is 35.5. The van der Waals surface area contributed by atoms with Crippen LogP contribution >= 0.6 is 11.6 Å². The summed E-state index contributed by atoms with van der Waals surface area (Å²) in [5, 5.41) is 0.411. The van der Waals surface area contributed by atoms with E-state index >= 15 is 0 Å². The van der Waals surface area contributed by atoms with Gasteiger partial charge in [0.2, 0.25) is 0 Å². The quantitative estimate of drug-likeness (QED) is 0.852. The van der Waals surface area contributed by atoms with Crippen molar-refractivity contribution in [2.75, 3.05) is 12.3 Å². The first kappa shape index (κ1) is 12.4. The summed E-state index contributed by atoms with van der Waals surface area (Å²) in [5.41, 5.74) is 5.93. The summed E-state index contributed by atoms with van der Waals surface area (Å²) in [6.07, 6.45) is 2.84. The summed E-state index contributed by atoms with van der Waals surface area (Å²) < 4.78 is 6.87. The Bertz CT molecular complexity index is 598. The van der Waals surface area contributed by atoms with Crippen LogP contribution in [0.15, 0.2) is 41.5 Å². The number of halogens is 1. The Balaban J connectivity index is 1.99. The zero-order valence-corrected chi connectivity index (χ0v) is 10.3. The van der Waals surface area contributed by atoms with E-state index in [4.69, 9.17) is 22.1 Å². The Hall–Kier alpha value is -2.01. The zero-order chi connectivity index (χ0) is 13.0. The monoisotopic (exact) mass is 265 g/mol. The first-order chi connectivity index (χ1) is 8.66. The number of nitrogens with zero attached hydrogens (tertiary/aromatic N) is 2. The van der Waals surface area contributed by atoms with Gasteiger partial charge in [0.15, 0.2) is 0 Å². The molecular formula is C12H12ClN3O2. The Morgan fingerprint density at radius 2 is 2.17 bits per heavy atom. The van der Waals surface area contributed by atoms with Gasteiger partial charge in [0, 0.05) is 6.20 Å². The zero-order valence-electron chi connectivity index (χ0n) is 9.54. The van der Waals surface area contributed by atoms with Gasteiger partial charge in [-0.25, -0.2) is 9.78 Å². The van der Waals surface area contributed by atoms with Crippen molar-refractivity contribution < 1.29 is 4.74 Å². The van der Waals surface area contributed by atoms with Gasteiger partial charge in [-0.3, -0.25) is 4.57 Å². The largest absolute Gasteiger partial charge is 0.490 e. The lowest BCUT2D eigenvalue weighted by atomic mass is 10.3. The molecule has 0 radical (unpaired) electrons. The molecule has 0 aliphatic rings. The lowest BCUT2D eigenvalue weighted by Crippen LogP contribution is -2.24. The Labute approximate surface area is 109 Å². The summed E-state index contributed by atoms with van der Waals surface area (Å²) in [4.78, 5) is 15.0. The highest BCUT2D eigenvalue weighted by molar-refractivity contribution is 6.30. The number of ether oxygens (including phenoxy) is 1. The van der Waals surface area contributed by atoms with Crippen LogP contribution in [0, 0.1) is 0 Å². The van der Waals surface area contributed by atoms with Gasteiger partial charge in [-0.2, -0.15) is 0 Å². The van der Waals surface area contributed by atoms with Gasteiger partial charge in [0.1, 0.15) is 12.4 Å². The van der Waals surface area contributed by atoms with Crippen LogP contribution in [-0.4, -0.2) is 16.2 Å². The molecule has 2 N–H and O–H groups in total. The molecule has 0 amide bonds. The minimum Gasteiger partial charge on any atom is -0.490 e. The average Bonchev–Trinajstić information content (AvgIpc) is 2.36. The van der Waals surface area contributed by atoms with E-state index in [2.05, 4.69) is 4.98 Å². The van der Waals surface area contributed by atoms with Crippen LogP contribution in [0.3, 0.4) is 0 Å².